The van der Waals surface area contributed by atoms with Gasteiger partial charge in [0.2, 0.25) is 0 Å². The molecule has 0 radical (unpaired) electrons. The second-order valence-corrected chi connectivity index (χ2v) is 6.03. The van der Waals surface area contributed by atoms with Crippen molar-refractivity contribution in [2.24, 2.45) is 0 Å². The van der Waals surface area contributed by atoms with Crippen LogP contribution < -0.4 is 10.5 Å². The lowest BCUT2D eigenvalue weighted by Crippen LogP contribution is -2.09. The number of nitrogens with zero attached hydrogens (tertiary/aromatic N) is 1. The van der Waals surface area contributed by atoms with Gasteiger partial charge in [0, 0.05) is 23.4 Å². The Morgan fingerprint density at radius 1 is 1.23 bits per heavy atom. The van der Waals surface area contributed by atoms with Crippen molar-refractivity contribution >= 4 is 34.2 Å². The van der Waals surface area contributed by atoms with Gasteiger partial charge in [-0.05, 0) is 35.4 Å². The third-order valence-corrected chi connectivity index (χ3v) is 4.31. The third-order valence-electron chi connectivity index (χ3n) is 4.31. The van der Waals surface area contributed by atoms with Crippen molar-refractivity contribution in [3.05, 3.63) is 69.5 Å². The van der Waals surface area contributed by atoms with E-state index < -0.39 is 4.92 Å². The average molecular weight is 350 g/mol. The lowest BCUT2D eigenvalue weighted by Gasteiger charge is -2.16. The molecule has 0 saturated heterocycles. The summed E-state index contributed by atoms with van der Waals surface area (Å²) >= 11 is 0. The van der Waals surface area contributed by atoms with Crippen LogP contribution in [0.25, 0.3) is 17.0 Å². The first-order valence-corrected chi connectivity index (χ1v) is 7.92. The molecule has 7 nitrogen and oxygen atoms in total. The number of hydrogen-bond donors (Lipinski definition) is 1. The highest BCUT2D eigenvalue weighted by molar-refractivity contribution is 6.01. The van der Waals surface area contributed by atoms with Crippen LogP contribution in [0.5, 0.6) is 5.75 Å². The zero-order valence-electron chi connectivity index (χ0n) is 13.6. The van der Waals surface area contributed by atoms with Crippen molar-refractivity contribution in [3.63, 3.8) is 0 Å². The number of anilines is 1. The van der Waals surface area contributed by atoms with Crippen LogP contribution >= 0.6 is 0 Å². The number of fused-ring (bicyclic) bond motifs is 2. The first kappa shape index (κ1) is 15.9. The number of nitrogens with two attached hydrogens (primary N) is 1. The maximum Gasteiger partial charge on any atom is 0.292 e. The first-order chi connectivity index (χ1) is 12.5. The van der Waals surface area contributed by atoms with Gasteiger partial charge >= 0.3 is 0 Å². The normalized spacial score (nSPS) is 13.0. The van der Waals surface area contributed by atoms with Crippen LogP contribution in [0.2, 0.25) is 0 Å². The van der Waals surface area contributed by atoms with E-state index in [1.54, 1.807) is 24.5 Å². The van der Waals surface area contributed by atoms with Crippen LogP contribution in [0, 0.1) is 10.1 Å². The topological polar surface area (TPSA) is 109 Å². The number of benzene rings is 2. The second-order valence-electron chi connectivity index (χ2n) is 6.03. The Labute approximate surface area is 147 Å². The SMILES string of the molecule is Nc1ccc(COc2c3c(cc4ccoc24)C=CC(=O)C3)cc1[N+](=O)[O-]. The molecule has 2 aromatic carbocycles. The van der Waals surface area contributed by atoms with Gasteiger partial charge in [-0.2, -0.15) is 0 Å². The van der Waals surface area contributed by atoms with Crippen molar-refractivity contribution in [2.45, 2.75) is 13.0 Å². The number of allylic oxidation sites excluding steroid dienone is 1. The smallest absolute Gasteiger partial charge is 0.292 e. The van der Waals surface area contributed by atoms with Gasteiger partial charge in [0.15, 0.2) is 17.1 Å². The predicted octanol–water partition coefficient (Wildman–Crippen LogP) is 3.64. The van der Waals surface area contributed by atoms with E-state index in [1.807, 2.05) is 12.1 Å². The Hall–Kier alpha value is -3.61. The molecule has 1 aliphatic rings. The Bertz CT molecular complexity index is 1080. The van der Waals surface area contributed by atoms with Gasteiger partial charge in [-0.15, -0.1) is 0 Å². The number of nitro benzene ring substituents is 1. The lowest BCUT2D eigenvalue weighted by molar-refractivity contribution is -0.384. The first-order valence-electron chi connectivity index (χ1n) is 7.92. The highest BCUT2D eigenvalue weighted by Gasteiger charge is 2.21. The summed E-state index contributed by atoms with van der Waals surface area (Å²) in [5.41, 5.74) is 8.36. The van der Waals surface area contributed by atoms with Gasteiger partial charge in [-0.3, -0.25) is 14.9 Å². The van der Waals surface area contributed by atoms with Gasteiger partial charge < -0.3 is 14.9 Å². The Morgan fingerprint density at radius 2 is 2.08 bits per heavy atom. The lowest BCUT2D eigenvalue weighted by atomic mass is 9.94. The molecule has 2 N–H and O–H groups in total. The standard InChI is InChI=1S/C19H14N2O5/c20-16-4-1-11(7-17(16)21(23)24)10-26-19-15-9-14(22)3-2-12(15)8-13-5-6-25-18(13)19/h1-8H,9-10,20H2. The monoisotopic (exact) mass is 350 g/mol. The molecule has 0 amide bonds. The molecule has 4 rings (SSSR count). The molecule has 1 aromatic heterocycles. The molecular weight excluding hydrogens is 336 g/mol. The predicted molar refractivity (Wildman–Crippen MR) is 95.8 cm³/mol. The Kier molecular flexibility index (Phi) is 3.69. The van der Waals surface area contributed by atoms with Crippen LogP contribution in [0.4, 0.5) is 11.4 Å². The van der Waals surface area contributed by atoms with Crippen molar-refractivity contribution in [3.8, 4) is 5.75 Å². The Morgan fingerprint density at radius 3 is 2.88 bits per heavy atom. The van der Waals surface area contributed by atoms with Crippen LogP contribution in [-0.2, 0) is 17.8 Å². The highest BCUT2D eigenvalue weighted by atomic mass is 16.6. The summed E-state index contributed by atoms with van der Waals surface area (Å²) in [6, 6.07) is 8.29. The van der Waals surface area contributed by atoms with Crippen LogP contribution in [0.3, 0.4) is 0 Å². The number of ether oxygens (including phenoxy) is 1. The summed E-state index contributed by atoms with van der Waals surface area (Å²) in [6.45, 7) is 0.0886. The van der Waals surface area contributed by atoms with E-state index in [9.17, 15) is 14.9 Å². The van der Waals surface area contributed by atoms with Crippen LogP contribution in [0.1, 0.15) is 16.7 Å². The molecule has 0 unspecified atom stereocenters. The second kappa shape index (κ2) is 6.03. The fourth-order valence-electron chi connectivity index (χ4n) is 3.03. The van der Waals surface area contributed by atoms with Crippen LogP contribution in [-0.4, -0.2) is 10.7 Å². The third kappa shape index (κ3) is 2.69. The highest BCUT2D eigenvalue weighted by Crippen LogP contribution is 2.37. The number of nitrogen functional groups attached to an aromatic ring is 1. The van der Waals surface area contributed by atoms with E-state index in [-0.39, 0.29) is 30.2 Å². The summed E-state index contributed by atoms with van der Waals surface area (Å²) in [4.78, 5) is 22.3. The van der Waals surface area contributed by atoms with Crippen LogP contribution in [0.15, 0.2) is 47.1 Å². The number of hydrogen-bond acceptors (Lipinski definition) is 6. The van der Waals surface area contributed by atoms with Crippen molar-refractivity contribution in [2.75, 3.05) is 5.73 Å². The van der Waals surface area contributed by atoms with E-state index in [0.29, 0.717) is 16.9 Å². The molecule has 0 bridgehead atoms. The number of rotatable bonds is 4. The number of ketones is 1. The van der Waals surface area contributed by atoms with Gasteiger partial charge in [-0.1, -0.05) is 12.1 Å². The maximum absolute atomic E-state index is 11.8. The molecular formula is C19H14N2O5. The molecule has 3 aromatic rings. The van der Waals surface area contributed by atoms with E-state index in [4.69, 9.17) is 14.9 Å². The summed E-state index contributed by atoms with van der Waals surface area (Å²) in [6.07, 6.45) is 5.08. The van der Waals surface area contributed by atoms with Gasteiger partial charge in [-0.25, -0.2) is 0 Å². The number of carbonyl (C=O) groups excluding carboxylic acids is 1. The molecule has 0 aliphatic heterocycles. The molecule has 1 heterocycles. The molecule has 0 fully saturated rings. The van der Waals surface area contributed by atoms with E-state index in [0.717, 1.165) is 16.5 Å². The number of furan rings is 1. The summed E-state index contributed by atoms with van der Waals surface area (Å²) in [7, 11) is 0. The largest absolute Gasteiger partial charge is 0.485 e. The molecule has 7 heteroatoms. The molecule has 0 spiro atoms. The number of carbonyl (C=O) groups is 1. The zero-order chi connectivity index (χ0) is 18.3. The minimum absolute atomic E-state index is 0.0172. The van der Waals surface area contributed by atoms with Gasteiger partial charge in [0.1, 0.15) is 12.3 Å². The Balaban J connectivity index is 1.72. The summed E-state index contributed by atoms with van der Waals surface area (Å²) < 4.78 is 11.5. The van der Waals surface area contributed by atoms with E-state index >= 15 is 0 Å². The summed E-state index contributed by atoms with van der Waals surface area (Å²) in [5.74, 6) is 0.469. The molecule has 0 atom stereocenters. The van der Waals surface area contributed by atoms with Gasteiger partial charge in [0.05, 0.1) is 11.2 Å². The van der Waals surface area contributed by atoms with Gasteiger partial charge in [0.25, 0.3) is 5.69 Å². The fraction of sp³-hybridized carbons (Fsp3) is 0.105. The minimum atomic E-state index is -0.530. The number of nitro groups is 1. The molecule has 130 valence electrons. The molecule has 26 heavy (non-hydrogen) atoms. The van der Waals surface area contributed by atoms with Crippen molar-refractivity contribution in [1.82, 2.24) is 0 Å². The van der Waals surface area contributed by atoms with E-state index in [2.05, 4.69) is 0 Å². The van der Waals surface area contributed by atoms with Crippen molar-refractivity contribution < 1.29 is 18.9 Å². The zero-order valence-corrected chi connectivity index (χ0v) is 13.6. The molecule has 0 saturated carbocycles. The quantitative estimate of drug-likeness (QED) is 0.437. The average Bonchev–Trinajstić information content (AvgIpc) is 3.08. The minimum Gasteiger partial charge on any atom is -0.485 e. The molecule has 1 aliphatic carbocycles. The summed E-state index contributed by atoms with van der Waals surface area (Å²) in [5, 5.41) is 11.9. The maximum atomic E-state index is 11.8. The van der Waals surface area contributed by atoms with E-state index in [1.165, 1.54) is 12.1 Å². The fourth-order valence-corrected chi connectivity index (χ4v) is 3.03. The van der Waals surface area contributed by atoms with Crippen molar-refractivity contribution in [1.29, 1.82) is 0 Å².